The lowest BCUT2D eigenvalue weighted by Crippen LogP contribution is -2.34. The van der Waals surface area contributed by atoms with Crippen molar-refractivity contribution in [2.45, 2.75) is 6.42 Å². The maximum atomic E-state index is 11.7. The average molecular weight is 279 g/mol. The number of aromatic nitrogens is 2. The Morgan fingerprint density at radius 1 is 1.50 bits per heavy atom. The number of nitrogens with one attached hydrogen (secondary N) is 2. The van der Waals surface area contributed by atoms with E-state index < -0.39 is 0 Å². The number of carbonyl (C=O) groups excluding carboxylic acids is 1. The molecule has 1 amide bonds. The first-order chi connectivity index (χ1) is 9.66. The zero-order chi connectivity index (χ0) is 14.4. The summed E-state index contributed by atoms with van der Waals surface area (Å²) in [5.74, 6) is 0.777. The molecule has 0 aliphatic carbocycles. The van der Waals surface area contributed by atoms with Gasteiger partial charge >= 0.3 is 0 Å². The van der Waals surface area contributed by atoms with Gasteiger partial charge in [0.15, 0.2) is 5.82 Å². The Morgan fingerprint density at radius 3 is 3.05 bits per heavy atom. The SMILES string of the molecule is CN(C)c1cnnc(NCCNC(=O)C2CCOC2)c1. The number of amides is 1. The van der Waals surface area contributed by atoms with Crippen molar-refractivity contribution < 1.29 is 9.53 Å². The Hall–Kier alpha value is -1.89. The van der Waals surface area contributed by atoms with E-state index in [1.165, 1.54) is 0 Å². The number of rotatable bonds is 6. The largest absolute Gasteiger partial charge is 0.381 e. The zero-order valence-corrected chi connectivity index (χ0v) is 11.9. The highest BCUT2D eigenvalue weighted by molar-refractivity contribution is 5.79. The first-order valence-corrected chi connectivity index (χ1v) is 6.76. The highest BCUT2D eigenvalue weighted by Gasteiger charge is 2.22. The van der Waals surface area contributed by atoms with Crippen molar-refractivity contribution in [3.8, 4) is 0 Å². The van der Waals surface area contributed by atoms with Crippen molar-refractivity contribution in [1.82, 2.24) is 15.5 Å². The Kier molecular flexibility index (Phi) is 5.11. The van der Waals surface area contributed by atoms with E-state index in [1.54, 1.807) is 6.20 Å². The zero-order valence-electron chi connectivity index (χ0n) is 11.9. The molecule has 2 heterocycles. The summed E-state index contributed by atoms with van der Waals surface area (Å²) in [4.78, 5) is 13.7. The number of nitrogens with zero attached hydrogens (tertiary/aromatic N) is 3. The molecule has 1 aliphatic heterocycles. The second-order valence-electron chi connectivity index (χ2n) is 4.97. The maximum absolute atomic E-state index is 11.7. The number of anilines is 2. The fourth-order valence-corrected chi connectivity index (χ4v) is 1.95. The summed E-state index contributed by atoms with van der Waals surface area (Å²) in [7, 11) is 3.90. The molecule has 0 radical (unpaired) electrons. The van der Waals surface area contributed by atoms with Crippen molar-refractivity contribution in [3.05, 3.63) is 12.3 Å². The first kappa shape index (κ1) is 14.5. The molecule has 1 unspecified atom stereocenters. The molecule has 0 bridgehead atoms. The second-order valence-corrected chi connectivity index (χ2v) is 4.97. The fourth-order valence-electron chi connectivity index (χ4n) is 1.95. The molecule has 1 aliphatic rings. The minimum absolute atomic E-state index is 0.00635. The molecule has 0 aromatic carbocycles. The smallest absolute Gasteiger partial charge is 0.225 e. The third-order valence-corrected chi connectivity index (χ3v) is 3.19. The van der Waals surface area contributed by atoms with Gasteiger partial charge in [-0.2, -0.15) is 5.10 Å². The van der Waals surface area contributed by atoms with Gasteiger partial charge in [0.25, 0.3) is 0 Å². The Balaban J connectivity index is 1.70. The molecular weight excluding hydrogens is 258 g/mol. The Labute approximate surface area is 118 Å². The van der Waals surface area contributed by atoms with E-state index in [9.17, 15) is 4.79 Å². The van der Waals surface area contributed by atoms with E-state index >= 15 is 0 Å². The lowest BCUT2D eigenvalue weighted by Gasteiger charge is -2.13. The second kappa shape index (κ2) is 7.04. The van der Waals surface area contributed by atoms with E-state index in [4.69, 9.17) is 4.74 Å². The van der Waals surface area contributed by atoms with Crippen molar-refractivity contribution in [2.75, 3.05) is 50.6 Å². The van der Waals surface area contributed by atoms with Crippen LogP contribution in [0.25, 0.3) is 0 Å². The van der Waals surface area contributed by atoms with Crippen LogP contribution in [0.5, 0.6) is 0 Å². The number of hydrogen-bond donors (Lipinski definition) is 2. The number of ether oxygens (including phenoxy) is 1. The van der Waals surface area contributed by atoms with Crippen LogP contribution in [0.2, 0.25) is 0 Å². The highest BCUT2D eigenvalue weighted by atomic mass is 16.5. The first-order valence-electron chi connectivity index (χ1n) is 6.76. The van der Waals surface area contributed by atoms with Gasteiger partial charge in [0.2, 0.25) is 5.91 Å². The van der Waals surface area contributed by atoms with Crippen LogP contribution >= 0.6 is 0 Å². The third-order valence-electron chi connectivity index (χ3n) is 3.19. The van der Waals surface area contributed by atoms with Gasteiger partial charge in [-0.05, 0) is 6.42 Å². The Morgan fingerprint density at radius 2 is 2.35 bits per heavy atom. The van der Waals surface area contributed by atoms with Crippen molar-refractivity contribution in [2.24, 2.45) is 5.92 Å². The van der Waals surface area contributed by atoms with Gasteiger partial charge in [-0.3, -0.25) is 4.79 Å². The van der Waals surface area contributed by atoms with Gasteiger partial charge in [0.05, 0.1) is 24.4 Å². The maximum Gasteiger partial charge on any atom is 0.225 e. The lowest BCUT2D eigenvalue weighted by atomic mass is 10.1. The average Bonchev–Trinajstić information content (AvgIpc) is 2.98. The molecule has 0 spiro atoms. The standard InChI is InChI=1S/C13H21N5O2/c1-18(2)11-7-12(17-16-8-11)14-4-5-15-13(19)10-3-6-20-9-10/h7-8,10H,3-6,9H2,1-2H3,(H,14,17)(H,15,19). The summed E-state index contributed by atoms with van der Waals surface area (Å²) in [5.41, 5.74) is 0.981. The number of carbonyl (C=O) groups is 1. The molecule has 7 heteroatoms. The molecule has 20 heavy (non-hydrogen) atoms. The summed E-state index contributed by atoms with van der Waals surface area (Å²) >= 11 is 0. The topological polar surface area (TPSA) is 79.4 Å². The molecule has 1 aromatic heterocycles. The molecule has 1 fully saturated rings. The van der Waals surface area contributed by atoms with Crippen LogP contribution < -0.4 is 15.5 Å². The third kappa shape index (κ3) is 4.06. The van der Waals surface area contributed by atoms with E-state index in [2.05, 4.69) is 20.8 Å². The molecule has 2 rings (SSSR count). The summed E-state index contributed by atoms with van der Waals surface area (Å²) in [6.07, 6.45) is 2.52. The minimum Gasteiger partial charge on any atom is -0.381 e. The van der Waals surface area contributed by atoms with Crippen LogP contribution in [-0.4, -0.2) is 56.5 Å². The van der Waals surface area contributed by atoms with Crippen LogP contribution in [0.4, 0.5) is 11.5 Å². The van der Waals surface area contributed by atoms with E-state index in [0.717, 1.165) is 12.1 Å². The predicted molar refractivity (Wildman–Crippen MR) is 76.8 cm³/mol. The van der Waals surface area contributed by atoms with Gasteiger partial charge in [-0.1, -0.05) is 0 Å². The summed E-state index contributed by atoms with van der Waals surface area (Å²) in [6, 6.07) is 1.92. The molecule has 1 aromatic rings. The summed E-state index contributed by atoms with van der Waals surface area (Å²) in [6.45, 7) is 2.40. The predicted octanol–water partition coefficient (Wildman–Crippen LogP) is 0.107. The van der Waals surface area contributed by atoms with Gasteiger partial charge in [0, 0.05) is 39.9 Å². The molecular formula is C13H21N5O2. The van der Waals surface area contributed by atoms with Crippen LogP contribution in [-0.2, 0) is 9.53 Å². The van der Waals surface area contributed by atoms with Crippen LogP contribution in [0.15, 0.2) is 12.3 Å². The van der Waals surface area contributed by atoms with Crippen molar-refractivity contribution >= 4 is 17.4 Å². The van der Waals surface area contributed by atoms with E-state index in [-0.39, 0.29) is 11.8 Å². The van der Waals surface area contributed by atoms with Gasteiger partial charge in [-0.25, -0.2) is 0 Å². The van der Waals surface area contributed by atoms with E-state index in [1.807, 2.05) is 25.1 Å². The molecule has 2 N–H and O–H groups in total. The normalized spacial score (nSPS) is 17.8. The van der Waals surface area contributed by atoms with Crippen molar-refractivity contribution in [1.29, 1.82) is 0 Å². The highest BCUT2D eigenvalue weighted by Crippen LogP contribution is 2.13. The van der Waals surface area contributed by atoms with Gasteiger partial charge < -0.3 is 20.3 Å². The van der Waals surface area contributed by atoms with Crippen molar-refractivity contribution in [3.63, 3.8) is 0 Å². The molecule has 110 valence electrons. The molecule has 7 nitrogen and oxygen atoms in total. The summed E-state index contributed by atoms with van der Waals surface area (Å²) in [5, 5.41) is 14.0. The van der Waals surface area contributed by atoms with Crippen LogP contribution in [0, 0.1) is 5.92 Å². The lowest BCUT2D eigenvalue weighted by molar-refractivity contribution is -0.124. The molecule has 1 atom stereocenters. The minimum atomic E-state index is 0.00635. The van der Waals surface area contributed by atoms with Gasteiger partial charge in [-0.15, -0.1) is 5.10 Å². The van der Waals surface area contributed by atoms with Crippen LogP contribution in [0.1, 0.15) is 6.42 Å². The fraction of sp³-hybridized carbons (Fsp3) is 0.615. The van der Waals surface area contributed by atoms with E-state index in [0.29, 0.717) is 32.1 Å². The Bertz CT molecular complexity index is 446. The molecule has 1 saturated heterocycles. The van der Waals surface area contributed by atoms with Gasteiger partial charge in [0.1, 0.15) is 0 Å². The monoisotopic (exact) mass is 279 g/mol. The molecule has 0 saturated carbocycles. The summed E-state index contributed by atoms with van der Waals surface area (Å²) < 4.78 is 5.19. The van der Waals surface area contributed by atoms with Crippen LogP contribution in [0.3, 0.4) is 0 Å². The number of hydrogen-bond acceptors (Lipinski definition) is 6. The quantitative estimate of drug-likeness (QED) is 0.719.